The second-order valence-corrected chi connectivity index (χ2v) is 7.12. The average Bonchev–Trinajstić information content (AvgIpc) is 2.46. The summed E-state index contributed by atoms with van der Waals surface area (Å²) in [7, 11) is 0. The Morgan fingerprint density at radius 1 is 1.29 bits per heavy atom. The lowest BCUT2D eigenvalue weighted by molar-refractivity contribution is 0.0531. The van der Waals surface area contributed by atoms with E-state index in [1.54, 1.807) is 0 Å². The van der Waals surface area contributed by atoms with Crippen molar-refractivity contribution in [2.75, 3.05) is 6.54 Å². The van der Waals surface area contributed by atoms with Gasteiger partial charge in [-0.05, 0) is 61.8 Å². The molecule has 0 bridgehead atoms. The van der Waals surface area contributed by atoms with E-state index in [4.69, 9.17) is 4.74 Å². The maximum atomic E-state index is 6.38. The third-order valence-electron chi connectivity index (χ3n) is 4.59. The summed E-state index contributed by atoms with van der Waals surface area (Å²) >= 11 is 0. The summed E-state index contributed by atoms with van der Waals surface area (Å²) in [6.07, 6.45) is 6.15. The first-order valence-electron chi connectivity index (χ1n) is 8.53. The van der Waals surface area contributed by atoms with Crippen LogP contribution >= 0.6 is 0 Å². The lowest BCUT2D eigenvalue weighted by Crippen LogP contribution is -2.49. The van der Waals surface area contributed by atoms with Gasteiger partial charge in [-0.2, -0.15) is 0 Å². The van der Waals surface area contributed by atoms with E-state index < -0.39 is 0 Å². The van der Waals surface area contributed by atoms with Gasteiger partial charge in [-0.25, -0.2) is 0 Å². The second kappa shape index (κ2) is 7.31. The molecule has 1 saturated carbocycles. The first kappa shape index (κ1) is 16.4. The Balaban J connectivity index is 2.07. The van der Waals surface area contributed by atoms with E-state index in [-0.39, 0.29) is 6.10 Å². The van der Waals surface area contributed by atoms with Gasteiger partial charge in [0.15, 0.2) is 0 Å². The molecule has 1 aliphatic rings. The molecule has 0 aromatic heterocycles. The number of ether oxygens (including phenoxy) is 1. The highest BCUT2D eigenvalue weighted by Crippen LogP contribution is 2.37. The van der Waals surface area contributed by atoms with Gasteiger partial charge in [0.2, 0.25) is 0 Å². The van der Waals surface area contributed by atoms with Gasteiger partial charge in [-0.3, -0.25) is 0 Å². The molecule has 21 heavy (non-hydrogen) atoms. The first-order valence-corrected chi connectivity index (χ1v) is 8.53. The van der Waals surface area contributed by atoms with E-state index in [1.807, 2.05) is 0 Å². The molecule has 1 N–H and O–H groups in total. The maximum Gasteiger partial charge on any atom is 0.120 e. The van der Waals surface area contributed by atoms with Gasteiger partial charge in [0.1, 0.15) is 11.9 Å². The second-order valence-electron chi connectivity index (χ2n) is 7.12. The van der Waals surface area contributed by atoms with Crippen molar-refractivity contribution in [2.45, 2.75) is 71.9 Å². The van der Waals surface area contributed by atoms with E-state index >= 15 is 0 Å². The van der Waals surface area contributed by atoms with Crippen LogP contribution in [0.4, 0.5) is 0 Å². The number of nitrogens with one attached hydrogen (secondary N) is 1. The van der Waals surface area contributed by atoms with E-state index in [9.17, 15) is 0 Å². The molecule has 2 rings (SSSR count). The lowest BCUT2D eigenvalue weighted by Gasteiger charge is -2.41. The van der Waals surface area contributed by atoms with Crippen molar-refractivity contribution in [3.63, 3.8) is 0 Å². The predicted molar refractivity (Wildman–Crippen MR) is 89.9 cm³/mol. The summed E-state index contributed by atoms with van der Waals surface area (Å²) in [4.78, 5) is 0. The number of aryl methyl sites for hydroxylation is 1. The minimum Gasteiger partial charge on any atom is -0.489 e. The molecule has 0 heterocycles. The molecule has 0 spiro atoms. The van der Waals surface area contributed by atoms with Crippen LogP contribution in [0.15, 0.2) is 24.3 Å². The number of hydrogen-bond donors (Lipinski definition) is 1. The highest BCUT2D eigenvalue weighted by Gasteiger charge is 2.35. The quantitative estimate of drug-likeness (QED) is 0.828. The lowest BCUT2D eigenvalue weighted by atomic mass is 9.74. The molecule has 0 saturated heterocycles. The van der Waals surface area contributed by atoms with Gasteiger partial charge >= 0.3 is 0 Å². The summed E-state index contributed by atoms with van der Waals surface area (Å²) in [5, 5.41) is 3.68. The molecule has 118 valence electrons. The zero-order chi connectivity index (χ0) is 15.3. The van der Waals surface area contributed by atoms with Gasteiger partial charge in [-0.15, -0.1) is 0 Å². The summed E-state index contributed by atoms with van der Waals surface area (Å²) in [5.74, 6) is 1.03. The van der Waals surface area contributed by atoms with E-state index in [0.29, 0.717) is 11.5 Å². The molecule has 2 unspecified atom stereocenters. The summed E-state index contributed by atoms with van der Waals surface area (Å²) < 4.78 is 6.38. The van der Waals surface area contributed by atoms with Crippen LogP contribution in [0.1, 0.15) is 58.9 Å². The zero-order valence-corrected chi connectivity index (χ0v) is 14.1. The van der Waals surface area contributed by atoms with E-state index in [1.165, 1.54) is 24.8 Å². The van der Waals surface area contributed by atoms with E-state index in [0.717, 1.165) is 25.1 Å². The fourth-order valence-corrected chi connectivity index (χ4v) is 3.22. The molecule has 1 fully saturated rings. The smallest absolute Gasteiger partial charge is 0.120 e. The molecular weight excluding hydrogens is 258 g/mol. The molecule has 1 aromatic rings. The number of benzene rings is 1. The van der Waals surface area contributed by atoms with Gasteiger partial charge in [0.05, 0.1) is 0 Å². The minimum absolute atomic E-state index is 0.285. The Kier molecular flexibility index (Phi) is 5.69. The standard InChI is InChI=1S/C19H31NO/c1-5-12-20-17-10-11-19(3,4)14-18(17)21-16-9-7-8-15(6-2)13-16/h7-9,13,17-18,20H,5-6,10-12,14H2,1-4H3. The van der Waals surface area contributed by atoms with Gasteiger partial charge in [0, 0.05) is 6.04 Å². The highest BCUT2D eigenvalue weighted by molar-refractivity contribution is 5.28. The number of rotatable bonds is 6. The molecule has 2 nitrogen and oxygen atoms in total. The van der Waals surface area contributed by atoms with Crippen molar-refractivity contribution >= 4 is 0 Å². The normalized spacial score (nSPS) is 24.8. The highest BCUT2D eigenvalue weighted by atomic mass is 16.5. The van der Waals surface area contributed by atoms with Crippen LogP contribution in [0.3, 0.4) is 0 Å². The van der Waals surface area contributed by atoms with Crippen molar-refractivity contribution in [3.05, 3.63) is 29.8 Å². The van der Waals surface area contributed by atoms with Gasteiger partial charge < -0.3 is 10.1 Å². The van der Waals surface area contributed by atoms with Crippen molar-refractivity contribution in [2.24, 2.45) is 5.41 Å². The Hall–Kier alpha value is -1.02. The monoisotopic (exact) mass is 289 g/mol. The third kappa shape index (κ3) is 4.74. The maximum absolute atomic E-state index is 6.38. The van der Waals surface area contributed by atoms with Gasteiger partial charge in [0.25, 0.3) is 0 Å². The van der Waals surface area contributed by atoms with Crippen molar-refractivity contribution in [1.29, 1.82) is 0 Å². The minimum atomic E-state index is 0.285. The van der Waals surface area contributed by atoms with Crippen LogP contribution in [-0.4, -0.2) is 18.7 Å². The predicted octanol–water partition coefficient (Wildman–Crippen LogP) is 4.57. The molecule has 0 radical (unpaired) electrons. The Morgan fingerprint density at radius 3 is 2.81 bits per heavy atom. The largest absolute Gasteiger partial charge is 0.489 e. The molecule has 1 aliphatic carbocycles. The van der Waals surface area contributed by atoms with Crippen molar-refractivity contribution in [3.8, 4) is 5.75 Å². The SMILES string of the molecule is CCCNC1CCC(C)(C)CC1Oc1cccc(CC)c1. The fourth-order valence-electron chi connectivity index (χ4n) is 3.22. The van der Waals surface area contributed by atoms with Crippen molar-refractivity contribution < 1.29 is 4.74 Å². The molecular formula is C19H31NO. The van der Waals surface area contributed by atoms with Crippen LogP contribution in [0, 0.1) is 5.41 Å². The third-order valence-corrected chi connectivity index (χ3v) is 4.59. The van der Waals surface area contributed by atoms with Gasteiger partial charge in [-0.1, -0.05) is 39.8 Å². The molecule has 0 amide bonds. The Morgan fingerprint density at radius 2 is 2.10 bits per heavy atom. The summed E-state index contributed by atoms with van der Waals surface area (Å²) in [5.41, 5.74) is 1.73. The average molecular weight is 289 g/mol. The van der Waals surface area contributed by atoms with Crippen LogP contribution in [-0.2, 0) is 6.42 Å². The first-order chi connectivity index (χ1) is 10.0. The van der Waals surface area contributed by atoms with Crippen LogP contribution < -0.4 is 10.1 Å². The topological polar surface area (TPSA) is 21.3 Å². The molecule has 1 aromatic carbocycles. The van der Waals surface area contributed by atoms with E-state index in [2.05, 4.69) is 57.3 Å². The fraction of sp³-hybridized carbons (Fsp3) is 0.684. The Bertz CT molecular complexity index is 441. The Labute approximate surface area is 130 Å². The summed E-state index contributed by atoms with van der Waals surface area (Å²) in [6, 6.07) is 9.06. The van der Waals surface area contributed by atoms with Crippen LogP contribution in [0.5, 0.6) is 5.75 Å². The molecule has 2 heteroatoms. The molecule has 2 atom stereocenters. The van der Waals surface area contributed by atoms with Crippen LogP contribution in [0.2, 0.25) is 0 Å². The molecule has 0 aliphatic heterocycles. The zero-order valence-electron chi connectivity index (χ0n) is 14.1. The number of hydrogen-bond acceptors (Lipinski definition) is 2. The van der Waals surface area contributed by atoms with Crippen molar-refractivity contribution in [1.82, 2.24) is 5.32 Å². The van der Waals surface area contributed by atoms with Crippen LogP contribution in [0.25, 0.3) is 0 Å². The summed E-state index contributed by atoms with van der Waals surface area (Å²) in [6.45, 7) is 10.2.